The lowest BCUT2D eigenvalue weighted by Gasteiger charge is -2.18. The lowest BCUT2D eigenvalue weighted by molar-refractivity contribution is -0.147. The van der Waals surface area contributed by atoms with Crippen LogP contribution in [0.5, 0.6) is 0 Å². The van der Waals surface area contributed by atoms with Crippen LogP contribution < -0.4 is 0 Å². The molecule has 0 amide bonds. The van der Waals surface area contributed by atoms with Crippen molar-refractivity contribution in [2.45, 2.75) is 33.6 Å². The molecule has 1 aliphatic heterocycles. The molecule has 0 radical (unpaired) electrons. The number of nitrogens with zero attached hydrogens (tertiary/aromatic N) is 1. The van der Waals surface area contributed by atoms with Crippen LogP contribution in [0.2, 0.25) is 0 Å². The van der Waals surface area contributed by atoms with Crippen molar-refractivity contribution in [1.29, 1.82) is 5.41 Å². The first-order chi connectivity index (χ1) is 13.5. The van der Waals surface area contributed by atoms with Gasteiger partial charge in [-0.1, -0.05) is 26.0 Å². The van der Waals surface area contributed by atoms with Crippen LogP contribution in [0.3, 0.4) is 0 Å². The molecule has 0 fully saturated rings. The average molecular weight is 388 g/mol. The molecule has 2 atom stereocenters. The highest BCUT2D eigenvalue weighted by atomic mass is 16.5. The fourth-order valence-electron chi connectivity index (χ4n) is 3.05. The Labute approximate surface area is 165 Å². The number of ether oxygens (including phenoxy) is 3. The molecule has 0 saturated heterocycles. The number of aryl methyl sites for hydroxylation is 1. The topological polar surface area (TPSA) is 98.0 Å². The molecule has 0 saturated carbocycles. The largest absolute Gasteiger partial charge is 0.465 e. The van der Waals surface area contributed by atoms with Gasteiger partial charge in [0.15, 0.2) is 6.40 Å². The highest BCUT2D eigenvalue weighted by Gasteiger charge is 2.39. The minimum Gasteiger partial charge on any atom is -0.465 e. The van der Waals surface area contributed by atoms with Gasteiger partial charge in [0, 0.05) is 12.5 Å². The number of benzene rings is 1. The number of carbonyl (C=O) groups is 2. The molecule has 1 N–H and O–H groups in total. The Morgan fingerprint density at radius 2 is 1.96 bits per heavy atom. The van der Waals surface area contributed by atoms with Crippen LogP contribution in [-0.2, 0) is 25.4 Å². The Morgan fingerprint density at radius 3 is 2.57 bits per heavy atom. The zero-order valence-electron chi connectivity index (χ0n) is 16.6. The molecule has 7 heteroatoms. The van der Waals surface area contributed by atoms with Crippen LogP contribution >= 0.6 is 0 Å². The summed E-state index contributed by atoms with van der Waals surface area (Å²) in [5.41, 5.74) is 1.59. The Bertz CT molecular complexity index is 712. The maximum absolute atomic E-state index is 12.3. The third-order valence-corrected chi connectivity index (χ3v) is 4.48. The summed E-state index contributed by atoms with van der Waals surface area (Å²) in [6.07, 6.45) is 2.23. The first-order valence-electron chi connectivity index (χ1n) is 9.58. The summed E-state index contributed by atoms with van der Waals surface area (Å²) in [6, 6.07) is 7.32. The molecule has 1 aromatic rings. The van der Waals surface area contributed by atoms with Gasteiger partial charge in [0.1, 0.15) is 5.92 Å². The fraction of sp³-hybridized carbons (Fsp3) is 0.524. The van der Waals surface area contributed by atoms with E-state index >= 15 is 0 Å². The van der Waals surface area contributed by atoms with Crippen molar-refractivity contribution in [2.75, 3.05) is 19.8 Å². The van der Waals surface area contributed by atoms with Gasteiger partial charge in [-0.05, 0) is 43.4 Å². The number of hydrogen-bond donors (Lipinski definition) is 1. The van der Waals surface area contributed by atoms with Crippen LogP contribution in [-0.4, -0.2) is 44.0 Å². The molecule has 2 rings (SSSR count). The summed E-state index contributed by atoms with van der Waals surface area (Å²) in [6.45, 7) is 6.89. The van der Waals surface area contributed by atoms with Crippen LogP contribution in [0.4, 0.5) is 0 Å². The van der Waals surface area contributed by atoms with Gasteiger partial charge in [-0.15, -0.1) is 0 Å². The Hall–Kier alpha value is -2.70. The number of aliphatic imine (C=N–C) groups is 1. The minimum absolute atomic E-state index is 0.0373. The summed E-state index contributed by atoms with van der Waals surface area (Å²) < 4.78 is 15.5. The highest BCUT2D eigenvalue weighted by molar-refractivity contribution is 6.01. The summed E-state index contributed by atoms with van der Waals surface area (Å²) in [5.74, 6) is -0.752. The monoisotopic (exact) mass is 388 g/mol. The van der Waals surface area contributed by atoms with E-state index < -0.39 is 5.92 Å². The van der Waals surface area contributed by atoms with E-state index in [4.69, 9.17) is 19.6 Å². The Kier molecular flexibility index (Phi) is 8.17. The summed E-state index contributed by atoms with van der Waals surface area (Å²) >= 11 is 0. The molecular weight excluding hydrogens is 360 g/mol. The van der Waals surface area contributed by atoms with Crippen molar-refractivity contribution in [3.8, 4) is 0 Å². The molecule has 1 heterocycles. The molecule has 2 unspecified atom stereocenters. The second kappa shape index (κ2) is 10.6. The van der Waals surface area contributed by atoms with E-state index in [1.165, 1.54) is 0 Å². The van der Waals surface area contributed by atoms with Crippen LogP contribution in [0.25, 0.3) is 0 Å². The van der Waals surface area contributed by atoms with E-state index in [1.807, 2.05) is 26.0 Å². The SMILES string of the molecule is CCOC(=O)C1C(OC=N)=NCC1CCc1ccc(C(=O)OCC(C)C)cc1. The van der Waals surface area contributed by atoms with Gasteiger partial charge >= 0.3 is 11.9 Å². The van der Waals surface area contributed by atoms with Crippen molar-refractivity contribution in [3.05, 3.63) is 35.4 Å². The van der Waals surface area contributed by atoms with E-state index in [9.17, 15) is 9.59 Å². The van der Waals surface area contributed by atoms with Gasteiger partial charge in [-0.25, -0.2) is 4.79 Å². The third kappa shape index (κ3) is 5.90. The van der Waals surface area contributed by atoms with E-state index in [-0.39, 0.29) is 30.4 Å². The van der Waals surface area contributed by atoms with Crippen molar-refractivity contribution in [2.24, 2.45) is 22.7 Å². The molecule has 7 nitrogen and oxygen atoms in total. The molecule has 0 aromatic heterocycles. The molecule has 1 aromatic carbocycles. The summed E-state index contributed by atoms with van der Waals surface area (Å²) in [7, 11) is 0. The van der Waals surface area contributed by atoms with Gasteiger partial charge < -0.3 is 14.2 Å². The molecule has 28 heavy (non-hydrogen) atoms. The number of carbonyl (C=O) groups excluding carboxylic acids is 2. The van der Waals surface area contributed by atoms with Crippen LogP contribution in [0, 0.1) is 23.2 Å². The maximum Gasteiger partial charge on any atom is 0.338 e. The number of nitrogens with one attached hydrogen (secondary N) is 1. The first kappa shape index (κ1) is 21.6. The standard InChI is InChI=1S/C21H28N2O5/c1-4-26-21(25)18-17(11-23-19(18)28-13-22)10-7-15-5-8-16(9-6-15)20(24)27-12-14(2)3/h5-6,8-9,13-14,17-18,22H,4,7,10-12H2,1-3H3. The van der Waals surface area contributed by atoms with E-state index in [0.29, 0.717) is 24.6 Å². The number of rotatable bonds is 9. The average Bonchev–Trinajstić information content (AvgIpc) is 3.08. The molecule has 0 spiro atoms. The van der Waals surface area contributed by atoms with Crippen LogP contribution in [0.15, 0.2) is 29.3 Å². The maximum atomic E-state index is 12.3. The van der Waals surface area contributed by atoms with Gasteiger partial charge in [0.05, 0.1) is 18.8 Å². The second-order valence-electron chi connectivity index (χ2n) is 7.13. The lowest BCUT2D eigenvalue weighted by Crippen LogP contribution is -2.31. The smallest absolute Gasteiger partial charge is 0.338 e. The van der Waals surface area contributed by atoms with Gasteiger partial charge in [-0.2, -0.15) is 0 Å². The van der Waals surface area contributed by atoms with E-state index in [0.717, 1.165) is 24.8 Å². The van der Waals surface area contributed by atoms with E-state index in [2.05, 4.69) is 4.99 Å². The molecule has 0 bridgehead atoms. The minimum atomic E-state index is -0.577. The lowest BCUT2D eigenvalue weighted by atomic mass is 9.89. The second-order valence-corrected chi connectivity index (χ2v) is 7.13. The predicted molar refractivity (Wildman–Crippen MR) is 106 cm³/mol. The summed E-state index contributed by atoms with van der Waals surface area (Å²) in [5, 5.41) is 7.09. The zero-order valence-corrected chi connectivity index (χ0v) is 16.6. The Morgan fingerprint density at radius 1 is 1.25 bits per heavy atom. The van der Waals surface area contributed by atoms with Gasteiger partial charge in [-0.3, -0.25) is 15.2 Å². The molecule has 0 aliphatic carbocycles. The third-order valence-electron chi connectivity index (χ3n) is 4.48. The van der Waals surface area contributed by atoms with Crippen molar-refractivity contribution >= 4 is 24.2 Å². The van der Waals surface area contributed by atoms with Crippen LogP contribution in [0.1, 0.15) is 43.1 Å². The van der Waals surface area contributed by atoms with Crippen molar-refractivity contribution in [1.82, 2.24) is 0 Å². The predicted octanol–water partition coefficient (Wildman–Crippen LogP) is 3.26. The van der Waals surface area contributed by atoms with Gasteiger partial charge in [0.2, 0.25) is 5.90 Å². The molecular formula is C21H28N2O5. The number of esters is 2. The molecule has 152 valence electrons. The first-order valence-corrected chi connectivity index (χ1v) is 9.58. The fourth-order valence-corrected chi connectivity index (χ4v) is 3.05. The van der Waals surface area contributed by atoms with E-state index in [1.54, 1.807) is 19.1 Å². The molecule has 1 aliphatic rings. The normalized spacial score (nSPS) is 18.5. The zero-order chi connectivity index (χ0) is 20.5. The Balaban J connectivity index is 1.94. The van der Waals surface area contributed by atoms with Crippen molar-refractivity contribution < 1.29 is 23.8 Å². The summed E-state index contributed by atoms with van der Waals surface area (Å²) in [4.78, 5) is 28.5. The quantitative estimate of drug-likeness (QED) is 0.398. The van der Waals surface area contributed by atoms with Gasteiger partial charge in [0.25, 0.3) is 0 Å². The van der Waals surface area contributed by atoms with Crippen molar-refractivity contribution in [3.63, 3.8) is 0 Å². The highest BCUT2D eigenvalue weighted by Crippen LogP contribution is 2.28. The number of hydrogen-bond acceptors (Lipinski definition) is 7.